The van der Waals surface area contributed by atoms with Gasteiger partial charge < -0.3 is 15.0 Å². The lowest BCUT2D eigenvalue weighted by Crippen LogP contribution is -2.33. The van der Waals surface area contributed by atoms with E-state index in [-0.39, 0.29) is 25.0 Å². The van der Waals surface area contributed by atoms with E-state index < -0.39 is 0 Å². The molecule has 31 heavy (non-hydrogen) atoms. The molecular weight excluding hydrogens is 414 g/mol. The summed E-state index contributed by atoms with van der Waals surface area (Å²) in [6.07, 6.45) is 0. The minimum absolute atomic E-state index is 0.0175. The highest BCUT2D eigenvalue weighted by atomic mass is 32.1. The van der Waals surface area contributed by atoms with Gasteiger partial charge in [0.1, 0.15) is 18.7 Å². The van der Waals surface area contributed by atoms with E-state index in [1.807, 2.05) is 53.2 Å². The van der Waals surface area contributed by atoms with E-state index in [0.29, 0.717) is 12.2 Å². The van der Waals surface area contributed by atoms with Crippen LogP contribution < -0.4 is 10.2 Å². The number of thiophene rings is 1. The highest BCUT2D eigenvalue weighted by Gasteiger charge is 2.19. The van der Waals surface area contributed by atoms with Crippen LogP contribution >= 0.6 is 11.3 Å². The molecule has 4 rings (SSSR count). The highest BCUT2D eigenvalue weighted by molar-refractivity contribution is 7.07. The third-order valence-corrected chi connectivity index (χ3v) is 5.40. The Balaban J connectivity index is 1.56. The summed E-state index contributed by atoms with van der Waals surface area (Å²) in [6, 6.07) is 16.7. The van der Waals surface area contributed by atoms with Crippen molar-refractivity contribution in [1.82, 2.24) is 15.0 Å². The molecule has 0 spiro atoms. The Morgan fingerprint density at radius 3 is 2.68 bits per heavy atom. The smallest absolute Gasteiger partial charge is 0.250 e. The molecule has 9 heteroatoms. The average Bonchev–Trinajstić information content (AvgIpc) is 3.43. The Morgan fingerprint density at radius 1 is 1.13 bits per heavy atom. The summed E-state index contributed by atoms with van der Waals surface area (Å²) in [4.78, 5) is 26.7. The number of carbonyl (C=O) groups is 2. The van der Waals surface area contributed by atoms with Gasteiger partial charge in [-0.1, -0.05) is 17.3 Å². The van der Waals surface area contributed by atoms with E-state index >= 15 is 0 Å². The van der Waals surface area contributed by atoms with Crippen LogP contribution in [0, 0.1) is 0 Å². The predicted molar refractivity (Wildman–Crippen MR) is 120 cm³/mol. The summed E-state index contributed by atoms with van der Waals surface area (Å²) < 4.78 is 6.44. The van der Waals surface area contributed by atoms with E-state index in [1.54, 1.807) is 33.1 Å². The van der Waals surface area contributed by atoms with Gasteiger partial charge in [0.25, 0.3) is 0 Å². The number of nitrogens with zero attached hydrogens (tertiary/aromatic N) is 4. The maximum absolute atomic E-state index is 13.3. The van der Waals surface area contributed by atoms with Crippen molar-refractivity contribution in [1.29, 1.82) is 0 Å². The molecule has 8 nitrogen and oxygen atoms in total. The van der Waals surface area contributed by atoms with Crippen LogP contribution in [-0.2, 0) is 27.4 Å². The van der Waals surface area contributed by atoms with Crippen LogP contribution in [0.15, 0.2) is 65.4 Å². The number of fused-ring (bicyclic) bond motifs is 1. The normalized spacial score (nSPS) is 10.9. The van der Waals surface area contributed by atoms with Gasteiger partial charge in [-0.3, -0.25) is 9.59 Å². The first-order chi connectivity index (χ1) is 15.1. The van der Waals surface area contributed by atoms with Crippen molar-refractivity contribution in [2.75, 3.05) is 23.9 Å². The molecule has 0 fully saturated rings. The summed E-state index contributed by atoms with van der Waals surface area (Å²) in [6.45, 7) is 0.484. The number of para-hydroxylation sites is 1. The van der Waals surface area contributed by atoms with Gasteiger partial charge in [0.05, 0.1) is 12.1 Å². The molecule has 158 valence electrons. The lowest BCUT2D eigenvalue weighted by atomic mass is 10.2. The zero-order valence-electron chi connectivity index (χ0n) is 16.9. The van der Waals surface area contributed by atoms with Gasteiger partial charge in [-0.2, -0.15) is 11.3 Å². The zero-order chi connectivity index (χ0) is 21.6. The second kappa shape index (κ2) is 9.50. The minimum atomic E-state index is -0.237. The van der Waals surface area contributed by atoms with Crippen molar-refractivity contribution in [3.63, 3.8) is 0 Å². The Hall–Kier alpha value is -3.56. The van der Waals surface area contributed by atoms with Crippen molar-refractivity contribution >= 4 is 45.6 Å². The average molecular weight is 436 g/mol. The number of ether oxygens (including phenoxy) is 1. The Kier molecular flexibility index (Phi) is 6.34. The molecule has 0 aliphatic rings. The van der Waals surface area contributed by atoms with Crippen molar-refractivity contribution in [2.24, 2.45) is 0 Å². The van der Waals surface area contributed by atoms with Crippen LogP contribution in [0.4, 0.5) is 11.4 Å². The van der Waals surface area contributed by atoms with Gasteiger partial charge >= 0.3 is 0 Å². The minimum Gasteiger partial charge on any atom is -0.375 e. The number of hydrogen-bond acceptors (Lipinski definition) is 6. The van der Waals surface area contributed by atoms with Crippen molar-refractivity contribution < 1.29 is 14.3 Å². The Bertz CT molecular complexity index is 1170. The fraction of sp³-hybridized carbons (Fsp3) is 0.182. The van der Waals surface area contributed by atoms with Gasteiger partial charge in [0, 0.05) is 18.5 Å². The van der Waals surface area contributed by atoms with Crippen LogP contribution in [0.3, 0.4) is 0 Å². The Labute approximate surface area is 183 Å². The number of hydrogen-bond donors (Lipinski definition) is 1. The SMILES string of the molecule is COCC(=O)Nc1ccc(N(Cc2ccsc2)C(=O)Cn2nnc3ccccc32)cc1. The summed E-state index contributed by atoms with van der Waals surface area (Å²) in [5.74, 6) is -0.350. The van der Waals surface area contributed by atoms with Crippen LogP contribution in [0.25, 0.3) is 11.0 Å². The molecule has 0 aliphatic heterocycles. The van der Waals surface area contributed by atoms with Crippen LogP contribution in [0.2, 0.25) is 0 Å². The third kappa shape index (κ3) is 4.96. The van der Waals surface area contributed by atoms with Crippen LogP contribution in [0.1, 0.15) is 5.56 Å². The van der Waals surface area contributed by atoms with E-state index in [9.17, 15) is 9.59 Å². The molecule has 0 radical (unpaired) electrons. The van der Waals surface area contributed by atoms with Gasteiger partial charge in [-0.05, 0) is 58.8 Å². The van der Waals surface area contributed by atoms with E-state index in [2.05, 4.69) is 15.6 Å². The number of nitrogens with one attached hydrogen (secondary N) is 1. The third-order valence-electron chi connectivity index (χ3n) is 4.67. The van der Waals surface area contributed by atoms with Crippen molar-refractivity contribution in [2.45, 2.75) is 13.1 Å². The molecule has 0 unspecified atom stereocenters. The second-order valence-corrected chi connectivity index (χ2v) is 7.66. The molecule has 2 amide bonds. The molecule has 0 saturated heterocycles. The first-order valence-electron chi connectivity index (χ1n) is 9.62. The topological polar surface area (TPSA) is 89.4 Å². The summed E-state index contributed by atoms with van der Waals surface area (Å²) in [5, 5.41) is 15.0. The monoisotopic (exact) mass is 435 g/mol. The number of rotatable bonds is 8. The van der Waals surface area contributed by atoms with E-state index in [1.165, 1.54) is 7.11 Å². The lowest BCUT2D eigenvalue weighted by molar-refractivity contribution is -0.120. The number of anilines is 2. The van der Waals surface area contributed by atoms with Crippen LogP contribution in [0.5, 0.6) is 0 Å². The fourth-order valence-electron chi connectivity index (χ4n) is 3.19. The van der Waals surface area contributed by atoms with Crippen molar-refractivity contribution in [3.8, 4) is 0 Å². The first kappa shape index (κ1) is 20.7. The van der Waals surface area contributed by atoms with Gasteiger partial charge in [0.15, 0.2) is 0 Å². The fourth-order valence-corrected chi connectivity index (χ4v) is 3.85. The van der Waals surface area contributed by atoms with Crippen molar-refractivity contribution in [3.05, 3.63) is 70.9 Å². The second-order valence-electron chi connectivity index (χ2n) is 6.88. The molecule has 4 aromatic rings. The molecule has 0 atom stereocenters. The number of aromatic nitrogens is 3. The Morgan fingerprint density at radius 2 is 1.94 bits per heavy atom. The molecule has 0 saturated carbocycles. The number of amides is 2. The molecule has 0 aliphatic carbocycles. The highest BCUT2D eigenvalue weighted by Crippen LogP contribution is 2.22. The largest absolute Gasteiger partial charge is 0.375 e. The molecule has 0 bridgehead atoms. The predicted octanol–water partition coefficient (Wildman–Crippen LogP) is 3.31. The van der Waals surface area contributed by atoms with E-state index in [4.69, 9.17) is 4.74 Å². The molecule has 2 aromatic carbocycles. The standard InChI is InChI=1S/C22H21N5O3S/c1-30-14-21(28)23-17-6-8-18(9-7-17)26(12-16-10-11-31-15-16)22(29)13-27-20-5-3-2-4-19(20)24-25-27/h2-11,15H,12-14H2,1H3,(H,23,28). The molecule has 1 N–H and O–H groups in total. The quantitative estimate of drug-likeness (QED) is 0.459. The number of benzene rings is 2. The summed E-state index contributed by atoms with van der Waals surface area (Å²) in [5.41, 5.74) is 3.96. The first-order valence-corrected chi connectivity index (χ1v) is 10.6. The maximum Gasteiger partial charge on any atom is 0.250 e. The summed E-state index contributed by atoms with van der Waals surface area (Å²) in [7, 11) is 1.47. The number of carbonyl (C=O) groups excluding carboxylic acids is 2. The van der Waals surface area contributed by atoms with Gasteiger partial charge in [-0.15, -0.1) is 5.10 Å². The number of methoxy groups -OCH3 is 1. The molecular formula is C22H21N5O3S. The summed E-state index contributed by atoms with van der Waals surface area (Å²) >= 11 is 1.58. The molecule has 2 heterocycles. The van der Waals surface area contributed by atoms with E-state index in [0.717, 1.165) is 22.3 Å². The van der Waals surface area contributed by atoms with Crippen LogP contribution in [-0.4, -0.2) is 40.5 Å². The lowest BCUT2D eigenvalue weighted by Gasteiger charge is -2.23. The van der Waals surface area contributed by atoms with Gasteiger partial charge in [0.2, 0.25) is 11.8 Å². The van der Waals surface area contributed by atoms with Gasteiger partial charge in [-0.25, -0.2) is 4.68 Å². The zero-order valence-corrected chi connectivity index (χ0v) is 17.7. The maximum atomic E-state index is 13.3. The molecule has 2 aromatic heterocycles.